The second-order valence-electron chi connectivity index (χ2n) is 7.77. The first-order valence-electron chi connectivity index (χ1n) is 9.13. The summed E-state index contributed by atoms with van der Waals surface area (Å²) in [5.41, 5.74) is 3.75. The molecule has 2 nitrogen and oxygen atoms in total. The van der Waals surface area contributed by atoms with Crippen molar-refractivity contribution in [2.24, 2.45) is 23.7 Å². The van der Waals surface area contributed by atoms with Gasteiger partial charge in [-0.2, -0.15) is 0 Å². The second-order valence-corrected chi connectivity index (χ2v) is 7.77. The first-order chi connectivity index (χ1) is 10.2. The van der Waals surface area contributed by atoms with Gasteiger partial charge in [0.05, 0.1) is 0 Å². The molecule has 0 amide bonds. The van der Waals surface area contributed by atoms with E-state index in [0.29, 0.717) is 5.92 Å². The summed E-state index contributed by atoms with van der Waals surface area (Å²) in [5.74, 6) is 3.17. The second kappa shape index (κ2) is 5.44. The fourth-order valence-electron chi connectivity index (χ4n) is 6.08. The molecule has 0 aromatic heterocycles. The predicted molar refractivity (Wildman–Crippen MR) is 82.7 cm³/mol. The van der Waals surface area contributed by atoms with Crippen molar-refractivity contribution in [3.05, 3.63) is 11.1 Å². The van der Waals surface area contributed by atoms with Gasteiger partial charge in [0, 0.05) is 6.92 Å². The number of hydrogen-bond donors (Lipinski definition) is 0. The molecule has 0 aromatic carbocycles. The quantitative estimate of drug-likeness (QED) is 0.519. The molecule has 0 spiro atoms. The average Bonchev–Trinajstić information content (AvgIpc) is 2.89. The monoisotopic (exact) mass is 288 g/mol. The van der Waals surface area contributed by atoms with Crippen molar-refractivity contribution in [3.63, 3.8) is 0 Å². The largest absolute Gasteiger partial charge is 0.462 e. The van der Waals surface area contributed by atoms with Gasteiger partial charge in [0.25, 0.3) is 0 Å². The Kier molecular flexibility index (Phi) is 3.59. The number of carbonyl (C=O) groups excluding carboxylic acids is 1. The normalized spacial score (nSPS) is 42.0. The molecular weight excluding hydrogens is 260 g/mol. The summed E-state index contributed by atoms with van der Waals surface area (Å²) in [5, 5.41) is 0. The van der Waals surface area contributed by atoms with Crippen molar-refractivity contribution >= 4 is 5.97 Å². The van der Waals surface area contributed by atoms with Crippen molar-refractivity contribution in [3.8, 4) is 0 Å². The number of hydrogen-bond acceptors (Lipinski definition) is 2. The van der Waals surface area contributed by atoms with Crippen molar-refractivity contribution in [2.45, 2.75) is 77.2 Å². The van der Waals surface area contributed by atoms with Gasteiger partial charge in [-0.05, 0) is 81.5 Å². The van der Waals surface area contributed by atoms with Gasteiger partial charge >= 0.3 is 5.97 Å². The predicted octanol–water partition coefficient (Wildman–Crippen LogP) is 4.63. The highest BCUT2D eigenvalue weighted by molar-refractivity contribution is 5.66. The minimum absolute atomic E-state index is 0.0826. The van der Waals surface area contributed by atoms with Gasteiger partial charge in [-0.1, -0.05) is 17.6 Å². The van der Waals surface area contributed by atoms with E-state index in [1.54, 1.807) is 6.92 Å². The molecule has 0 saturated heterocycles. The van der Waals surface area contributed by atoms with Crippen LogP contribution in [-0.4, -0.2) is 12.1 Å². The summed E-state index contributed by atoms with van der Waals surface area (Å²) in [6.45, 7) is 1.57. The Morgan fingerprint density at radius 2 is 1.81 bits per heavy atom. The molecule has 2 heteroatoms. The van der Waals surface area contributed by atoms with Gasteiger partial charge < -0.3 is 4.74 Å². The van der Waals surface area contributed by atoms with E-state index in [4.69, 9.17) is 4.74 Å². The van der Waals surface area contributed by atoms with E-state index in [2.05, 4.69) is 0 Å². The number of rotatable bonds is 1. The maximum Gasteiger partial charge on any atom is 0.302 e. The van der Waals surface area contributed by atoms with Crippen LogP contribution in [0, 0.1) is 23.7 Å². The fraction of sp³-hybridized carbons (Fsp3) is 0.842. The van der Waals surface area contributed by atoms with E-state index in [1.165, 1.54) is 57.8 Å². The molecule has 0 heterocycles. The molecule has 4 aliphatic rings. The third-order valence-corrected chi connectivity index (χ3v) is 6.82. The molecule has 3 saturated carbocycles. The fourth-order valence-corrected chi connectivity index (χ4v) is 6.08. The van der Waals surface area contributed by atoms with Crippen LogP contribution in [0.15, 0.2) is 11.1 Å². The van der Waals surface area contributed by atoms with Gasteiger partial charge in [0.15, 0.2) is 0 Å². The van der Waals surface area contributed by atoms with E-state index in [-0.39, 0.29) is 12.1 Å². The van der Waals surface area contributed by atoms with Gasteiger partial charge in [0.2, 0.25) is 0 Å². The molecule has 116 valence electrons. The molecule has 3 fully saturated rings. The minimum Gasteiger partial charge on any atom is -0.462 e. The lowest BCUT2D eigenvalue weighted by Gasteiger charge is -2.45. The summed E-state index contributed by atoms with van der Waals surface area (Å²) in [4.78, 5) is 11.3. The van der Waals surface area contributed by atoms with Crippen molar-refractivity contribution in [1.82, 2.24) is 0 Å². The van der Waals surface area contributed by atoms with Crippen molar-refractivity contribution in [2.75, 3.05) is 0 Å². The van der Waals surface area contributed by atoms with Crippen LogP contribution in [0.2, 0.25) is 0 Å². The third kappa shape index (κ3) is 2.35. The van der Waals surface area contributed by atoms with Crippen molar-refractivity contribution in [1.29, 1.82) is 0 Å². The maximum absolute atomic E-state index is 11.3. The summed E-state index contributed by atoms with van der Waals surface area (Å²) in [7, 11) is 0. The highest BCUT2D eigenvalue weighted by Gasteiger charge is 2.47. The molecule has 4 aliphatic carbocycles. The molecule has 21 heavy (non-hydrogen) atoms. The van der Waals surface area contributed by atoms with Crippen LogP contribution in [0.5, 0.6) is 0 Å². The van der Waals surface area contributed by atoms with E-state index in [0.717, 1.165) is 24.2 Å². The smallest absolute Gasteiger partial charge is 0.302 e. The first-order valence-corrected chi connectivity index (χ1v) is 9.13. The van der Waals surface area contributed by atoms with Crippen LogP contribution in [-0.2, 0) is 9.53 Å². The number of allylic oxidation sites excluding steroid dienone is 2. The van der Waals surface area contributed by atoms with Crippen LogP contribution < -0.4 is 0 Å². The zero-order valence-electron chi connectivity index (χ0n) is 13.3. The summed E-state index contributed by atoms with van der Waals surface area (Å²) >= 11 is 0. The van der Waals surface area contributed by atoms with Crippen LogP contribution in [0.3, 0.4) is 0 Å². The Balaban J connectivity index is 1.57. The SMILES string of the molecule is CC(=O)OC1CCC2C3CCC4CCCCC4=C3CCC12. The lowest BCUT2D eigenvalue weighted by atomic mass is 9.61. The Hall–Kier alpha value is -0.790. The Labute approximate surface area is 128 Å². The number of esters is 1. The summed E-state index contributed by atoms with van der Waals surface area (Å²) in [6, 6.07) is 0. The molecule has 4 rings (SSSR count). The van der Waals surface area contributed by atoms with Crippen LogP contribution in [0.4, 0.5) is 0 Å². The summed E-state index contributed by atoms with van der Waals surface area (Å²) in [6.07, 6.45) is 13.8. The van der Waals surface area contributed by atoms with Crippen LogP contribution in [0.1, 0.15) is 71.1 Å². The Bertz CT molecular complexity index is 464. The lowest BCUT2D eigenvalue weighted by Crippen LogP contribution is -2.36. The molecule has 0 N–H and O–H groups in total. The Morgan fingerprint density at radius 3 is 2.67 bits per heavy atom. The number of fused-ring (bicyclic) bond motifs is 4. The molecular formula is C19H28O2. The van der Waals surface area contributed by atoms with Gasteiger partial charge in [-0.3, -0.25) is 4.79 Å². The van der Waals surface area contributed by atoms with E-state index in [9.17, 15) is 4.79 Å². The topological polar surface area (TPSA) is 26.3 Å². The van der Waals surface area contributed by atoms with Crippen molar-refractivity contribution < 1.29 is 9.53 Å². The molecule has 0 bridgehead atoms. The lowest BCUT2D eigenvalue weighted by molar-refractivity contribution is -0.148. The van der Waals surface area contributed by atoms with E-state index in [1.807, 2.05) is 11.1 Å². The van der Waals surface area contributed by atoms with E-state index < -0.39 is 0 Å². The van der Waals surface area contributed by atoms with Gasteiger partial charge in [-0.15, -0.1) is 0 Å². The number of ether oxygens (including phenoxy) is 1. The highest BCUT2D eigenvalue weighted by Crippen LogP contribution is 2.55. The third-order valence-electron chi connectivity index (χ3n) is 6.82. The molecule has 0 aromatic rings. The average molecular weight is 288 g/mol. The zero-order valence-corrected chi connectivity index (χ0v) is 13.3. The van der Waals surface area contributed by atoms with E-state index >= 15 is 0 Å². The Morgan fingerprint density at radius 1 is 0.905 bits per heavy atom. The molecule has 5 atom stereocenters. The van der Waals surface area contributed by atoms with Crippen LogP contribution >= 0.6 is 0 Å². The minimum atomic E-state index is -0.0826. The zero-order chi connectivity index (χ0) is 14.4. The van der Waals surface area contributed by atoms with Gasteiger partial charge in [0.1, 0.15) is 6.10 Å². The maximum atomic E-state index is 11.3. The first kappa shape index (κ1) is 13.8. The molecule has 0 aliphatic heterocycles. The molecule has 5 unspecified atom stereocenters. The summed E-state index contributed by atoms with van der Waals surface area (Å²) < 4.78 is 5.61. The van der Waals surface area contributed by atoms with Crippen LogP contribution in [0.25, 0.3) is 0 Å². The molecule has 0 radical (unpaired) electrons. The number of carbonyl (C=O) groups is 1. The standard InChI is InChI=1S/C19H28O2/c1-12(20)21-19-11-10-17-16-7-6-13-4-2-3-5-14(13)15(16)8-9-18(17)19/h13,16-19H,2-11H2,1H3. The highest BCUT2D eigenvalue weighted by atomic mass is 16.5. The van der Waals surface area contributed by atoms with Gasteiger partial charge in [-0.25, -0.2) is 0 Å².